The van der Waals surface area contributed by atoms with Gasteiger partial charge in [-0.2, -0.15) is 0 Å². The number of hydrogen-bond acceptors (Lipinski definition) is 2. The normalized spacial score (nSPS) is 14.9. The molecular formula is C15H18FNO2. The van der Waals surface area contributed by atoms with Crippen LogP contribution in [-0.4, -0.2) is 17.6 Å². The van der Waals surface area contributed by atoms with Gasteiger partial charge in [-0.1, -0.05) is 11.6 Å². The minimum atomic E-state index is -0.530. The van der Waals surface area contributed by atoms with Crippen molar-refractivity contribution in [3.63, 3.8) is 0 Å². The second-order valence-electron chi connectivity index (χ2n) is 4.78. The van der Waals surface area contributed by atoms with Crippen LogP contribution in [0.15, 0.2) is 29.8 Å². The van der Waals surface area contributed by atoms with E-state index in [2.05, 4.69) is 11.4 Å². The van der Waals surface area contributed by atoms with E-state index in [9.17, 15) is 14.3 Å². The maximum Gasteiger partial charge on any atom is 0.255 e. The Morgan fingerprint density at radius 2 is 2.21 bits per heavy atom. The Balaban J connectivity index is 1.87. The quantitative estimate of drug-likeness (QED) is 0.820. The molecular weight excluding hydrogens is 245 g/mol. The van der Waals surface area contributed by atoms with Crippen LogP contribution in [0.4, 0.5) is 4.39 Å². The Kier molecular flexibility index (Phi) is 4.55. The van der Waals surface area contributed by atoms with E-state index in [1.54, 1.807) is 0 Å². The first-order chi connectivity index (χ1) is 9.16. The van der Waals surface area contributed by atoms with Crippen LogP contribution in [0.1, 0.15) is 42.5 Å². The number of amides is 1. The number of allylic oxidation sites excluding steroid dienone is 1. The van der Waals surface area contributed by atoms with Crippen molar-refractivity contribution in [3.05, 3.63) is 41.2 Å². The van der Waals surface area contributed by atoms with E-state index in [-0.39, 0.29) is 11.3 Å². The third kappa shape index (κ3) is 3.81. The highest BCUT2D eigenvalue weighted by atomic mass is 19.1. The summed E-state index contributed by atoms with van der Waals surface area (Å²) in [6, 6.07) is 3.36. The summed E-state index contributed by atoms with van der Waals surface area (Å²) in [7, 11) is 0. The van der Waals surface area contributed by atoms with Crippen molar-refractivity contribution in [2.75, 3.05) is 6.54 Å². The summed E-state index contributed by atoms with van der Waals surface area (Å²) in [5, 5.41) is 12.2. The highest BCUT2D eigenvalue weighted by Crippen LogP contribution is 2.20. The lowest BCUT2D eigenvalue weighted by molar-refractivity contribution is 0.0951. The molecule has 2 N–H and O–H groups in total. The lowest BCUT2D eigenvalue weighted by Crippen LogP contribution is -2.25. The fourth-order valence-electron chi connectivity index (χ4n) is 2.25. The predicted octanol–water partition coefficient (Wildman–Crippen LogP) is 3.15. The molecule has 0 saturated carbocycles. The van der Waals surface area contributed by atoms with E-state index in [0.717, 1.165) is 31.4 Å². The highest BCUT2D eigenvalue weighted by Gasteiger charge is 2.12. The molecule has 1 aromatic carbocycles. The number of nitrogens with one attached hydrogen (secondary N) is 1. The van der Waals surface area contributed by atoms with Gasteiger partial charge in [0.15, 0.2) is 0 Å². The molecule has 0 aromatic heterocycles. The van der Waals surface area contributed by atoms with Crippen LogP contribution in [0, 0.1) is 5.82 Å². The maximum absolute atomic E-state index is 13.0. The molecule has 1 aromatic rings. The zero-order valence-electron chi connectivity index (χ0n) is 10.8. The second kappa shape index (κ2) is 6.36. The van der Waals surface area contributed by atoms with E-state index in [1.807, 2.05) is 0 Å². The average Bonchev–Trinajstić information content (AvgIpc) is 2.42. The van der Waals surface area contributed by atoms with Crippen molar-refractivity contribution in [1.29, 1.82) is 0 Å². The number of rotatable bonds is 4. The average molecular weight is 263 g/mol. The van der Waals surface area contributed by atoms with E-state index in [4.69, 9.17) is 0 Å². The summed E-state index contributed by atoms with van der Waals surface area (Å²) in [6.45, 7) is 0.515. The van der Waals surface area contributed by atoms with Crippen LogP contribution in [0.2, 0.25) is 0 Å². The molecule has 0 saturated heterocycles. The van der Waals surface area contributed by atoms with Gasteiger partial charge in [0.05, 0.1) is 5.56 Å². The fraction of sp³-hybridized carbons (Fsp3) is 0.400. The lowest BCUT2D eigenvalue weighted by Gasteiger charge is -2.13. The molecule has 0 bridgehead atoms. The molecule has 4 heteroatoms. The minimum Gasteiger partial charge on any atom is -0.507 e. The number of phenolic OH excluding ortho intramolecular Hbond substituents is 1. The number of carbonyl (C=O) groups excluding carboxylic acids is 1. The zero-order chi connectivity index (χ0) is 13.7. The molecule has 1 aliphatic carbocycles. The summed E-state index contributed by atoms with van der Waals surface area (Å²) >= 11 is 0. The number of hydrogen-bond donors (Lipinski definition) is 2. The standard InChI is InChI=1S/C15H18FNO2/c16-12-6-7-14(18)13(10-12)15(19)17-9-8-11-4-2-1-3-5-11/h4,6-7,10,18H,1-3,5,8-9H2,(H,17,19). The molecule has 1 amide bonds. The van der Waals surface area contributed by atoms with Crippen molar-refractivity contribution in [1.82, 2.24) is 5.32 Å². The second-order valence-corrected chi connectivity index (χ2v) is 4.78. The lowest BCUT2D eigenvalue weighted by atomic mass is 9.97. The van der Waals surface area contributed by atoms with E-state index >= 15 is 0 Å². The molecule has 102 valence electrons. The number of phenols is 1. The van der Waals surface area contributed by atoms with Crippen molar-refractivity contribution in [2.24, 2.45) is 0 Å². The predicted molar refractivity (Wildman–Crippen MR) is 71.6 cm³/mol. The van der Waals surface area contributed by atoms with Crippen LogP contribution >= 0.6 is 0 Å². The van der Waals surface area contributed by atoms with E-state index in [1.165, 1.54) is 24.5 Å². The Labute approximate surface area is 112 Å². The van der Waals surface area contributed by atoms with E-state index in [0.29, 0.717) is 6.54 Å². The number of aromatic hydroxyl groups is 1. The highest BCUT2D eigenvalue weighted by molar-refractivity contribution is 5.96. The van der Waals surface area contributed by atoms with Gasteiger partial charge in [-0.05, 0) is 50.3 Å². The molecule has 0 atom stereocenters. The topological polar surface area (TPSA) is 49.3 Å². The molecule has 2 rings (SSSR count). The Morgan fingerprint density at radius 3 is 2.95 bits per heavy atom. The third-order valence-corrected chi connectivity index (χ3v) is 3.32. The van der Waals surface area contributed by atoms with Crippen molar-refractivity contribution in [2.45, 2.75) is 32.1 Å². The van der Waals surface area contributed by atoms with Crippen LogP contribution in [0.25, 0.3) is 0 Å². The van der Waals surface area contributed by atoms with Gasteiger partial charge in [-0.25, -0.2) is 4.39 Å². The van der Waals surface area contributed by atoms with Gasteiger partial charge in [0.25, 0.3) is 5.91 Å². The molecule has 19 heavy (non-hydrogen) atoms. The van der Waals surface area contributed by atoms with Crippen molar-refractivity contribution in [3.8, 4) is 5.75 Å². The van der Waals surface area contributed by atoms with Gasteiger partial charge in [-0.15, -0.1) is 0 Å². The van der Waals surface area contributed by atoms with Gasteiger partial charge < -0.3 is 10.4 Å². The van der Waals surface area contributed by atoms with Gasteiger partial charge in [-0.3, -0.25) is 4.79 Å². The first-order valence-corrected chi connectivity index (χ1v) is 6.61. The monoisotopic (exact) mass is 263 g/mol. The molecule has 0 spiro atoms. The van der Waals surface area contributed by atoms with Crippen molar-refractivity contribution >= 4 is 5.91 Å². The van der Waals surface area contributed by atoms with Crippen LogP contribution in [0.5, 0.6) is 5.75 Å². The minimum absolute atomic E-state index is 0.0161. The summed E-state index contributed by atoms with van der Waals surface area (Å²) in [5.74, 6) is -1.16. The van der Waals surface area contributed by atoms with E-state index < -0.39 is 11.7 Å². The summed E-state index contributed by atoms with van der Waals surface area (Å²) in [5.41, 5.74) is 1.35. The molecule has 0 fully saturated rings. The first kappa shape index (κ1) is 13.6. The number of carbonyl (C=O) groups is 1. The maximum atomic E-state index is 13.0. The van der Waals surface area contributed by atoms with Gasteiger partial charge in [0, 0.05) is 6.54 Å². The SMILES string of the molecule is O=C(NCCC1=CCCCC1)c1cc(F)ccc1O. The molecule has 0 unspecified atom stereocenters. The molecule has 0 aliphatic heterocycles. The van der Waals surface area contributed by atoms with Crippen LogP contribution in [-0.2, 0) is 0 Å². The zero-order valence-corrected chi connectivity index (χ0v) is 10.8. The smallest absolute Gasteiger partial charge is 0.255 e. The summed E-state index contributed by atoms with van der Waals surface area (Å²) in [6.07, 6.45) is 7.73. The van der Waals surface area contributed by atoms with Gasteiger partial charge in [0.2, 0.25) is 0 Å². The molecule has 3 nitrogen and oxygen atoms in total. The third-order valence-electron chi connectivity index (χ3n) is 3.32. The van der Waals surface area contributed by atoms with Crippen molar-refractivity contribution < 1.29 is 14.3 Å². The molecule has 0 heterocycles. The first-order valence-electron chi connectivity index (χ1n) is 6.61. The Hall–Kier alpha value is -1.84. The van der Waals surface area contributed by atoms with Gasteiger partial charge in [0.1, 0.15) is 11.6 Å². The summed E-state index contributed by atoms with van der Waals surface area (Å²) < 4.78 is 13.0. The molecule has 0 radical (unpaired) electrons. The molecule has 1 aliphatic rings. The summed E-state index contributed by atoms with van der Waals surface area (Å²) in [4.78, 5) is 11.8. The van der Waals surface area contributed by atoms with Gasteiger partial charge >= 0.3 is 0 Å². The number of benzene rings is 1. The largest absolute Gasteiger partial charge is 0.507 e. The van der Waals surface area contributed by atoms with Crippen LogP contribution < -0.4 is 5.32 Å². The Morgan fingerprint density at radius 1 is 1.37 bits per heavy atom. The fourth-order valence-corrected chi connectivity index (χ4v) is 2.25. The number of halogens is 1. The Bertz CT molecular complexity index is 497. The van der Waals surface area contributed by atoms with Crippen LogP contribution in [0.3, 0.4) is 0 Å².